The van der Waals surface area contributed by atoms with Gasteiger partial charge in [-0.1, -0.05) is 48.5 Å². The summed E-state index contributed by atoms with van der Waals surface area (Å²) in [5.41, 5.74) is -4.53. The number of sulfonamides is 1. The molecule has 3 aromatic rings. The van der Waals surface area contributed by atoms with Gasteiger partial charge in [0.25, 0.3) is 0 Å². The number of aromatic nitrogens is 2. The van der Waals surface area contributed by atoms with E-state index in [-0.39, 0.29) is 0 Å². The average molecular weight is 367 g/mol. The van der Waals surface area contributed by atoms with E-state index in [0.29, 0.717) is 22.2 Å². The van der Waals surface area contributed by atoms with Crippen LogP contribution in [-0.4, -0.2) is 23.5 Å². The molecule has 0 radical (unpaired) electrons. The molecule has 0 saturated carbocycles. The van der Waals surface area contributed by atoms with Crippen LogP contribution in [0.5, 0.6) is 0 Å². The second-order valence-electron chi connectivity index (χ2n) is 5.21. The first-order chi connectivity index (χ1) is 11.7. The molecule has 130 valence electrons. The molecule has 0 spiro atoms. The Morgan fingerprint density at radius 2 is 1.60 bits per heavy atom. The molecule has 0 aliphatic rings. The van der Waals surface area contributed by atoms with E-state index in [4.69, 9.17) is 0 Å². The Hall–Kier alpha value is -2.68. The van der Waals surface area contributed by atoms with Gasteiger partial charge in [0.15, 0.2) is 0 Å². The zero-order valence-corrected chi connectivity index (χ0v) is 13.7. The van der Waals surface area contributed by atoms with Crippen LogP contribution in [0.1, 0.15) is 0 Å². The molecule has 2 aromatic carbocycles. The van der Waals surface area contributed by atoms with E-state index < -0.39 is 21.1 Å². The highest BCUT2D eigenvalue weighted by molar-refractivity contribution is 7.90. The Bertz CT molecular complexity index is 1100. The van der Waals surface area contributed by atoms with Gasteiger partial charge in [-0.15, -0.1) is 4.40 Å². The van der Waals surface area contributed by atoms with Crippen molar-refractivity contribution >= 4 is 20.9 Å². The summed E-state index contributed by atoms with van der Waals surface area (Å²) in [5.74, 6) is 0. The lowest BCUT2D eigenvalue weighted by atomic mass is 10.1. The zero-order chi connectivity index (χ0) is 18.2. The lowest BCUT2D eigenvalue weighted by Gasteiger charge is -2.11. The summed E-state index contributed by atoms with van der Waals surface area (Å²) in [7, 11) is -4.29. The van der Waals surface area contributed by atoms with E-state index in [1.54, 1.807) is 54.6 Å². The monoisotopic (exact) mass is 367 g/mol. The van der Waals surface area contributed by atoms with Crippen molar-refractivity contribution in [1.29, 1.82) is 0 Å². The number of nitrogens with zero attached hydrogens (tertiary/aromatic N) is 3. The Balaban J connectivity index is 2.42. The van der Waals surface area contributed by atoms with Crippen molar-refractivity contribution in [2.24, 2.45) is 11.4 Å². The van der Waals surface area contributed by atoms with Crippen molar-refractivity contribution in [3.05, 3.63) is 60.2 Å². The zero-order valence-electron chi connectivity index (χ0n) is 12.9. The Morgan fingerprint density at radius 3 is 2.24 bits per heavy atom. The van der Waals surface area contributed by atoms with Crippen molar-refractivity contribution in [1.82, 2.24) is 9.55 Å². The molecule has 9 heteroatoms. The minimum Gasteiger partial charge on any atom is -0.312 e. The molecule has 0 aliphatic carbocycles. The summed E-state index contributed by atoms with van der Waals surface area (Å²) in [6.45, 7) is 0. The molecular weight excluding hydrogens is 355 g/mol. The first kappa shape index (κ1) is 17.2. The summed E-state index contributed by atoms with van der Waals surface area (Å²) in [4.78, 5) is 4.09. The van der Waals surface area contributed by atoms with Crippen LogP contribution in [0.3, 0.4) is 0 Å². The Kier molecular flexibility index (Phi) is 4.11. The van der Waals surface area contributed by atoms with Crippen LogP contribution in [0.2, 0.25) is 0 Å². The van der Waals surface area contributed by atoms with E-state index in [0.717, 1.165) is 0 Å². The van der Waals surface area contributed by atoms with Gasteiger partial charge in [0.05, 0.1) is 11.2 Å². The molecule has 0 unspecified atom stereocenters. The van der Waals surface area contributed by atoms with Crippen LogP contribution in [0.25, 0.3) is 22.2 Å². The molecule has 0 amide bonds. The number of hydrogen-bond donors (Lipinski definition) is 0. The number of alkyl halides is 3. The molecule has 3 rings (SSSR count). The summed E-state index contributed by atoms with van der Waals surface area (Å²) < 4.78 is 64.9. The highest BCUT2D eigenvalue weighted by Gasteiger charge is 2.46. The summed E-state index contributed by atoms with van der Waals surface area (Å²) in [6, 6.07) is 15.6. The molecule has 1 aromatic heterocycles. The van der Waals surface area contributed by atoms with E-state index in [1.807, 2.05) is 0 Å². The molecule has 0 bridgehead atoms. The molecule has 25 heavy (non-hydrogen) atoms. The number of para-hydroxylation sites is 1. The topological polar surface area (TPSA) is 64.3 Å². The van der Waals surface area contributed by atoms with Crippen molar-refractivity contribution in [3.63, 3.8) is 0 Å². The maximum absolute atomic E-state index is 12.7. The third-order valence-corrected chi connectivity index (χ3v) is 4.56. The highest BCUT2D eigenvalue weighted by Crippen LogP contribution is 2.26. The first-order valence-electron chi connectivity index (χ1n) is 7.09. The quantitative estimate of drug-likeness (QED) is 0.699. The maximum atomic E-state index is 12.7. The second-order valence-corrected chi connectivity index (χ2v) is 6.81. The third-order valence-electron chi connectivity index (χ3n) is 3.57. The van der Waals surface area contributed by atoms with E-state index in [2.05, 4.69) is 9.38 Å². The minimum atomic E-state index is -5.70. The van der Waals surface area contributed by atoms with Gasteiger partial charge < -0.3 is 4.57 Å². The van der Waals surface area contributed by atoms with E-state index >= 15 is 0 Å². The number of aryl methyl sites for hydroxylation is 1. The number of fused-ring (bicyclic) bond motifs is 1. The van der Waals surface area contributed by atoms with Gasteiger partial charge in [-0.2, -0.15) is 21.6 Å². The van der Waals surface area contributed by atoms with Gasteiger partial charge in [0.2, 0.25) is 5.62 Å². The Morgan fingerprint density at radius 1 is 1.00 bits per heavy atom. The van der Waals surface area contributed by atoms with Crippen molar-refractivity contribution in [3.8, 4) is 11.3 Å². The Labute approximate surface area is 141 Å². The lowest BCUT2D eigenvalue weighted by Crippen LogP contribution is -2.29. The van der Waals surface area contributed by atoms with Crippen LogP contribution >= 0.6 is 0 Å². The van der Waals surface area contributed by atoms with Crippen LogP contribution < -0.4 is 5.62 Å². The summed E-state index contributed by atoms with van der Waals surface area (Å²) in [5, 5.41) is 0.666. The number of benzene rings is 2. The normalized spacial score (nSPS) is 13.4. The fourth-order valence-electron chi connectivity index (χ4n) is 2.37. The lowest BCUT2D eigenvalue weighted by molar-refractivity contribution is -0.0436. The van der Waals surface area contributed by atoms with Crippen molar-refractivity contribution in [2.45, 2.75) is 5.51 Å². The van der Waals surface area contributed by atoms with Gasteiger partial charge in [-0.25, -0.2) is 4.98 Å². The highest BCUT2D eigenvalue weighted by atomic mass is 32.2. The largest absolute Gasteiger partial charge is 0.518 e. The molecule has 1 heterocycles. The fourth-order valence-corrected chi connectivity index (χ4v) is 2.85. The van der Waals surface area contributed by atoms with Gasteiger partial charge in [0.1, 0.15) is 0 Å². The third kappa shape index (κ3) is 3.14. The second kappa shape index (κ2) is 5.99. The van der Waals surface area contributed by atoms with Gasteiger partial charge in [0, 0.05) is 18.0 Å². The smallest absolute Gasteiger partial charge is 0.312 e. The SMILES string of the molecule is Cn1/c(=N/S(=O)(=O)C(F)(F)F)nc(-c2ccccc2)c2ccccc21. The molecule has 0 N–H and O–H groups in total. The molecule has 5 nitrogen and oxygen atoms in total. The first-order valence-corrected chi connectivity index (χ1v) is 8.53. The number of rotatable bonds is 2. The molecular formula is C16H12F3N3O2S. The van der Waals surface area contributed by atoms with E-state index in [1.165, 1.54) is 11.6 Å². The van der Waals surface area contributed by atoms with Crippen molar-refractivity contribution in [2.75, 3.05) is 0 Å². The van der Waals surface area contributed by atoms with Crippen LogP contribution in [0.4, 0.5) is 13.2 Å². The molecule has 0 atom stereocenters. The summed E-state index contributed by atoms with van der Waals surface area (Å²) in [6.07, 6.45) is 0. The van der Waals surface area contributed by atoms with E-state index in [9.17, 15) is 21.6 Å². The molecule has 0 aliphatic heterocycles. The maximum Gasteiger partial charge on any atom is 0.518 e. The van der Waals surface area contributed by atoms with Gasteiger partial charge in [-0.05, 0) is 6.07 Å². The fraction of sp³-hybridized carbons (Fsp3) is 0.125. The molecule has 0 saturated heterocycles. The van der Waals surface area contributed by atoms with Gasteiger partial charge in [-0.3, -0.25) is 0 Å². The standard InChI is InChI=1S/C16H12F3N3O2S/c1-22-13-10-6-5-9-12(13)14(11-7-3-2-4-8-11)20-15(22)21-25(23,24)16(17,18)19/h2-10H,1H3/b21-15+. The average Bonchev–Trinajstić information content (AvgIpc) is 2.57. The van der Waals surface area contributed by atoms with Crippen LogP contribution in [-0.2, 0) is 17.1 Å². The summed E-state index contributed by atoms with van der Waals surface area (Å²) >= 11 is 0. The molecule has 0 fully saturated rings. The van der Waals surface area contributed by atoms with Crippen LogP contribution in [0.15, 0.2) is 59.0 Å². The minimum absolute atomic E-state index is 0.352. The predicted molar refractivity (Wildman–Crippen MR) is 86.7 cm³/mol. The predicted octanol–water partition coefficient (Wildman–Crippen LogP) is 2.99. The van der Waals surface area contributed by atoms with Crippen molar-refractivity contribution < 1.29 is 21.6 Å². The number of halogens is 3. The van der Waals surface area contributed by atoms with Crippen LogP contribution in [0, 0.1) is 0 Å². The van der Waals surface area contributed by atoms with Gasteiger partial charge >= 0.3 is 15.5 Å². The number of hydrogen-bond acceptors (Lipinski definition) is 3.